The molecular formula is C72H109N3O2S2. The Kier molecular flexibility index (Phi) is 32.7. The molecule has 0 saturated heterocycles. The molecule has 3 aromatic carbocycles. The van der Waals surface area contributed by atoms with E-state index >= 15 is 9.59 Å². The van der Waals surface area contributed by atoms with Crippen LogP contribution in [0.25, 0.3) is 41.8 Å². The van der Waals surface area contributed by atoms with Gasteiger partial charge in [-0.15, -0.1) is 22.7 Å². The maximum atomic E-state index is 15.7. The molecule has 0 aliphatic carbocycles. The van der Waals surface area contributed by atoms with E-state index in [1.807, 2.05) is 45.1 Å². The fraction of sp³-hybridized carbons (Fsp3) is 0.625. The summed E-state index contributed by atoms with van der Waals surface area (Å²) in [6.45, 7) is 25.0. The van der Waals surface area contributed by atoms with E-state index in [-0.39, 0.29) is 11.8 Å². The molecule has 0 radical (unpaired) electrons. The number of carbonyl (C=O) groups is 2. The first-order chi connectivity index (χ1) is 38.8. The van der Waals surface area contributed by atoms with Gasteiger partial charge in [0.05, 0.1) is 37.5 Å². The lowest BCUT2D eigenvalue weighted by Gasteiger charge is -2.25. The van der Waals surface area contributed by atoms with Crippen LogP contribution in [0, 0.1) is 23.2 Å². The lowest BCUT2D eigenvalue weighted by molar-refractivity contribution is -0.114. The van der Waals surface area contributed by atoms with E-state index in [2.05, 4.69) is 118 Å². The minimum Gasteiger partial charge on any atom is -0.307 e. The molecule has 0 bridgehead atoms. The molecule has 2 aliphatic rings. The highest BCUT2D eigenvalue weighted by atomic mass is 32.1. The number of unbranched alkanes of at least 4 members (excludes halogenated alkanes) is 19. The van der Waals surface area contributed by atoms with Crippen molar-refractivity contribution < 1.29 is 9.59 Å². The normalized spacial score (nSPS) is 14.4. The minimum atomic E-state index is -0.0171. The fourth-order valence-corrected chi connectivity index (χ4v) is 14.2. The number of para-hydroxylation sites is 1. The Morgan fingerprint density at radius 1 is 0.494 bits per heavy atom. The lowest BCUT2D eigenvalue weighted by atomic mass is 9.93. The van der Waals surface area contributed by atoms with E-state index in [0.717, 1.165) is 88.8 Å². The molecule has 0 spiro atoms. The Bertz CT molecular complexity index is 2610. The van der Waals surface area contributed by atoms with E-state index in [0.29, 0.717) is 36.1 Å². The summed E-state index contributed by atoms with van der Waals surface area (Å²) in [4.78, 5) is 36.4. The van der Waals surface area contributed by atoms with E-state index < -0.39 is 0 Å². The van der Waals surface area contributed by atoms with Crippen LogP contribution in [0.3, 0.4) is 0 Å². The van der Waals surface area contributed by atoms with E-state index in [9.17, 15) is 5.26 Å². The largest absolute Gasteiger partial charge is 0.307 e. The SMILES string of the molecule is CC.CC.CCC.CCCCCCCCC(CCCCCC)CN1C(=O)/C(=C2/C(=O)N(CC(CCCCCC)CCCCCCCC)c3cc(-c4cc5c(CCCCCC)c(C#N)c6ccsc6c5s4)ccc32)c2ccccc21. The van der Waals surface area contributed by atoms with Gasteiger partial charge in [-0.05, 0) is 96.5 Å². The maximum Gasteiger partial charge on any atom is 0.259 e. The molecule has 4 heterocycles. The van der Waals surface area contributed by atoms with Gasteiger partial charge in [-0.3, -0.25) is 9.59 Å². The number of nitriles is 1. The average Bonchev–Trinajstić information content (AvgIpc) is 4.24. The summed E-state index contributed by atoms with van der Waals surface area (Å²) in [6, 6.07) is 22.1. The second-order valence-corrected chi connectivity index (χ2v) is 24.3. The molecule has 2 atom stereocenters. The van der Waals surface area contributed by atoms with Gasteiger partial charge in [-0.1, -0.05) is 261 Å². The highest BCUT2D eigenvalue weighted by Crippen LogP contribution is 2.50. The van der Waals surface area contributed by atoms with Crippen LogP contribution >= 0.6 is 22.7 Å². The Labute approximate surface area is 491 Å². The number of rotatable bonds is 34. The van der Waals surface area contributed by atoms with Crippen LogP contribution in [0.1, 0.15) is 285 Å². The molecule has 0 saturated carbocycles. The topological polar surface area (TPSA) is 64.4 Å². The predicted molar refractivity (Wildman–Crippen MR) is 352 cm³/mol. The van der Waals surface area contributed by atoms with Crippen molar-refractivity contribution >= 4 is 77.2 Å². The molecule has 436 valence electrons. The first kappa shape index (κ1) is 67.3. The van der Waals surface area contributed by atoms with Crippen LogP contribution < -0.4 is 9.80 Å². The van der Waals surface area contributed by atoms with Gasteiger partial charge < -0.3 is 9.80 Å². The molecule has 2 unspecified atom stereocenters. The zero-order valence-electron chi connectivity index (χ0n) is 52.0. The average molecular weight is 1110 g/mol. The maximum absolute atomic E-state index is 15.7. The van der Waals surface area contributed by atoms with Gasteiger partial charge in [0.15, 0.2) is 0 Å². The van der Waals surface area contributed by atoms with Gasteiger partial charge in [-0.2, -0.15) is 5.26 Å². The molecule has 2 aliphatic heterocycles. The van der Waals surface area contributed by atoms with Gasteiger partial charge >= 0.3 is 0 Å². The van der Waals surface area contributed by atoms with Gasteiger partial charge in [0.2, 0.25) is 0 Å². The van der Waals surface area contributed by atoms with E-state index in [1.165, 1.54) is 168 Å². The van der Waals surface area contributed by atoms with E-state index in [4.69, 9.17) is 0 Å². The predicted octanol–water partition coefficient (Wildman–Crippen LogP) is 23.5. The number of anilines is 2. The molecule has 7 rings (SSSR count). The molecule has 2 aromatic heterocycles. The second kappa shape index (κ2) is 38.5. The number of nitrogens with zero attached hydrogens (tertiary/aromatic N) is 3. The van der Waals surface area contributed by atoms with Crippen LogP contribution in [0.2, 0.25) is 0 Å². The number of benzene rings is 3. The molecule has 79 heavy (non-hydrogen) atoms. The third-order valence-electron chi connectivity index (χ3n) is 16.1. The molecular weight excluding hydrogens is 1000 g/mol. The van der Waals surface area contributed by atoms with Crippen molar-refractivity contribution in [1.82, 2.24) is 0 Å². The number of carbonyl (C=O) groups excluding carboxylic acids is 2. The van der Waals surface area contributed by atoms with Crippen LogP contribution in [0.4, 0.5) is 11.4 Å². The van der Waals surface area contributed by atoms with Crippen molar-refractivity contribution in [1.29, 1.82) is 5.26 Å². The second-order valence-electron chi connectivity index (χ2n) is 22.4. The molecule has 7 heteroatoms. The number of aryl methyl sites for hydroxylation is 1. The quantitative estimate of drug-likeness (QED) is 0.0305. The van der Waals surface area contributed by atoms with Gasteiger partial charge in [-0.25, -0.2) is 0 Å². The first-order valence-electron chi connectivity index (χ1n) is 32.8. The van der Waals surface area contributed by atoms with Crippen LogP contribution in [0.5, 0.6) is 0 Å². The Hall–Kier alpha value is -4.25. The number of fused-ring (bicyclic) bond motifs is 5. The van der Waals surface area contributed by atoms with E-state index in [1.54, 1.807) is 11.3 Å². The number of hydrogen-bond donors (Lipinski definition) is 0. The summed E-state index contributed by atoms with van der Waals surface area (Å²) in [5.74, 6) is 0.780. The van der Waals surface area contributed by atoms with Crippen molar-refractivity contribution in [3.05, 3.63) is 82.2 Å². The summed E-state index contributed by atoms with van der Waals surface area (Å²) in [5.41, 5.74) is 7.97. The standard InChI is InChI=1S/C65H89N3O2S2.C3H8.2C2H6/c1-6-11-16-21-23-27-34-48(32-25-18-13-8-3)46-67-57-38-31-30-37-53(57)60(64(67)69)61-54-40-39-50(43-58(54)68(65(61)70)47-49(33-26-19-14-9-4)35-28-24-22-17-12-7-2)59-44-55-51(36-29-20-15-10-5)56(45-66)52-41-42-71-62(52)63(55)72-59;1-3-2;2*1-2/h30-31,37-44,48-49H,6-29,32-36,46-47H2,1-5H3;3H2,1-2H3;2*1-2H3/b61-60+;;;. The first-order valence-corrected chi connectivity index (χ1v) is 34.5. The Balaban J connectivity index is 0.00000184. The Morgan fingerprint density at radius 3 is 1.44 bits per heavy atom. The van der Waals surface area contributed by atoms with Crippen molar-refractivity contribution in [2.75, 3.05) is 22.9 Å². The monoisotopic (exact) mass is 1110 g/mol. The number of hydrogen-bond acceptors (Lipinski definition) is 5. The molecule has 0 fully saturated rings. The molecule has 5 aromatic rings. The van der Waals surface area contributed by atoms with Crippen molar-refractivity contribution in [2.24, 2.45) is 11.8 Å². The zero-order chi connectivity index (χ0) is 57.4. The number of amides is 2. The smallest absolute Gasteiger partial charge is 0.259 e. The molecule has 0 N–H and O–H groups in total. The number of thiophene rings is 2. The van der Waals surface area contributed by atoms with Gasteiger partial charge in [0, 0.05) is 34.5 Å². The third-order valence-corrected chi connectivity index (χ3v) is 18.4. The molecule has 5 nitrogen and oxygen atoms in total. The zero-order valence-corrected chi connectivity index (χ0v) is 53.7. The van der Waals surface area contributed by atoms with Crippen LogP contribution in [-0.2, 0) is 16.0 Å². The highest BCUT2D eigenvalue weighted by molar-refractivity contribution is 7.28. The van der Waals surface area contributed by atoms with Crippen LogP contribution in [0.15, 0.2) is 60.0 Å². The summed E-state index contributed by atoms with van der Waals surface area (Å²) >= 11 is 3.56. The highest BCUT2D eigenvalue weighted by Gasteiger charge is 2.43. The van der Waals surface area contributed by atoms with Crippen molar-refractivity contribution in [3.8, 4) is 16.5 Å². The summed E-state index contributed by atoms with van der Waals surface area (Å²) in [7, 11) is 0. The third kappa shape index (κ3) is 18.9. The summed E-state index contributed by atoms with van der Waals surface area (Å²) in [6.07, 6.45) is 36.2. The Morgan fingerprint density at radius 2 is 0.937 bits per heavy atom. The minimum absolute atomic E-state index is 0.00893. The van der Waals surface area contributed by atoms with Crippen molar-refractivity contribution in [3.63, 3.8) is 0 Å². The van der Waals surface area contributed by atoms with Crippen LogP contribution in [-0.4, -0.2) is 24.9 Å². The summed E-state index contributed by atoms with van der Waals surface area (Å²) < 4.78 is 2.45. The van der Waals surface area contributed by atoms with Gasteiger partial charge in [0.25, 0.3) is 11.8 Å². The fourth-order valence-electron chi connectivity index (χ4n) is 11.9. The summed E-state index contributed by atoms with van der Waals surface area (Å²) in [5, 5.41) is 15.0. The van der Waals surface area contributed by atoms with Gasteiger partial charge in [0.1, 0.15) is 6.07 Å². The molecule has 2 amide bonds. The van der Waals surface area contributed by atoms with Crippen molar-refractivity contribution in [2.45, 2.75) is 269 Å². The lowest BCUT2D eigenvalue weighted by Crippen LogP contribution is -2.34.